The van der Waals surface area contributed by atoms with E-state index in [1.54, 1.807) is 22.8 Å². The van der Waals surface area contributed by atoms with Crippen LogP contribution in [0, 0.1) is 12.7 Å². The van der Waals surface area contributed by atoms with Gasteiger partial charge in [-0.05, 0) is 31.2 Å². The first-order valence-electron chi connectivity index (χ1n) is 9.08. The largest absolute Gasteiger partial charge is 0.508 e. The quantitative estimate of drug-likeness (QED) is 0.859. The Balaban J connectivity index is 1.54. The van der Waals surface area contributed by atoms with Gasteiger partial charge in [-0.3, -0.25) is 14.4 Å². The summed E-state index contributed by atoms with van der Waals surface area (Å²) in [6.07, 6.45) is 0.156. The van der Waals surface area contributed by atoms with E-state index in [1.165, 1.54) is 28.8 Å². The Labute approximate surface area is 161 Å². The number of rotatable bonds is 4. The van der Waals surface area contributed by atoms with Crippen molar-refractivity contribution in [2.45, 2.75) is 19.9 Å². The summed E-state index contributed by atoms with van der Waals surface area (Å²) >= 11 is 0. The second-order valence-electron chi connectivity index (χ2n) is 6.78. The van der Waals surface area contributed by atoms with Crippen LogP contribution in [0.2, 0.25) is 0 Å². The Morgan fingerprint density at radius 1 is 1.07 bits per heavy atom. The molecule has 1 aromatic carbocycles. The van der Waals surface area contributed by atoms with Crippen LogP contribution in [0.4, 0.5) is 4.39 Å². The summed E-state index contributed by atoms with van der Waals surface area (Å²) in [6, 6.07) is 8.15. The molecule has 1 fully saturated rings. The molecule has 0 radical (unpaired) electrons. The van der Waals surface area contributed by atoms with E-state index in [0.717, 1.165) is 6.07 Å². The molecular formula is C20H22FN3O4. The van der Waals surface area contributed by atoms with Crippen LogP contribution in [0.5, 0.6) is 5.75 Å². The SMILES string of the molecule is Cc1cc(O)cc(=O)n1CCC(=O)N1CCN(C(=O)c2cccc(F)c2)CC1. The number of hydrogen-bond acceptors (Lipinski definition) is 4. The van der Waals surface area contributed by atoms with Gasteiger partial charge in [-0.25, -0.2) is 4.39 Å². The average Bonchev–Trinajstić information content (AvgIpc) is 2.66. The number of nitrogens with zero attached hydrogens (tertiary/aromatic N) is 3. The van der Waals surface area contributed by atoms with Crippen molar-refractivity contribution >= 4 is 11.8 Å². The van der Waals surface area contributed by atoms with Crippen LogP contribution in [0.1, 0.15) is 22.5 Å². The lowest BCUT2D eigenvalue weighted by molar-refractivity contribution is -0.132. The number of halogens is 1. The zero-order valence-corrected chi connectivity index (χ0v) is 15.6. The van der Waals surface area contributed by atoms with Gasteiger partial charge in [-0.1, -0.05) is 6.07 Å². The minimum Gasteiger partial charge on any atom is -0.508 e. The first-order valence-corrected chi connectivity index (χ1v) is 9.08. The molecule has 0 spiro atoms. The molecule has 2 heterocycles. The second kappa shape index (κ2) is 8.24. The summed E-state index contributed by atoms with van der Waals surface area (Å²) in [6.45, 7) is 3.46. The zero-order chi connectivity index (χ0) is 20.3. The number of piperazine rings is 1. The van der Waals surface area contributed by atoms with Gasteiger partial charge in [0.2, 0.25) is 5.91 Å². The van der Waals surface area contributed by atoms with Gasteiger partial charge in [0.15, 0.2) is 0 Å². The van der Waals surface area contributed by atoms with Gasteiger partial charge in [-0.2, -0.15) is 0 Å². The fourth-order valence-corrected chi connectivity index (χ4v) is 3.33. The van der Waals surface area contributed by atoms with Crippen molar-refractivity contribution in [3.05, 3.63) is 63.8 Å². The molecule has 1 saturated heterocycles. The first-order chi connectivity index (χ1) is 13.3. The average molecular weight is 387 g/mol. The predicted octanol–water partition coefficient (Wildman–Crippen LogP) is 1.38. The Kier molecular flexibility index (Phi) is 5.77. The number of carbonyl (C=O) groups is 2. The lowest BCUT2D eigenvalue weighted by Gasteiger charge is -2.35. The van der Waals surface area contributed by atoms with Crippen LogP contribution in [-0.2, 0) is 11.3 Å². The molecule has 8 heteroatoms. The molecular weight excluding hydrogens is 365 g/mol. The highest BCUT2D eigenvalue weighted by Crippen LogP contribution is 2.12. The van der Waals surface area contributed by atoms with E-state index in [-0.39, 0.29) is 36.1 Å². The normalized spacial score (nSPS) is 14.2. The maximum Gasteiger partial charge on any atom is 0.254 e. The summed E-state index contributed by atoms with van der Waals surface area (Å²) in [7, 11) is 0. The highest BCUT2D eigenvalue weighted by atomic mass is 19.1. The van der Waals surface area contributed by atoms with E-state index in [9.17, 15) is 23.9 Å². The third-order valence-corrected chi connectivity index (χ3v) is 4.86. The summed E-state index contributed by atoms with van der Waals surface area (Å²) in [5, 5.41) is 9.43. The lowest BCUT2D eigenvalue weighted by atomic mass is 10.1. The fourth-order valence-electron chi connectivity index (χ4n) is 3.33. The van der Waals surface area contributed by atoms with Crippen molar-refractivity contribution in [2.24, 2.45) is 0 Å². The van der Waals surface area contributed by atoms with E-state index >= 15 is 0 Å². The molecule has 0 aliphatic carbocycles. The minimum atomic E-state index is -0.459. The molecule has 1 aliphatic rings. The van der Waals surface area contributed by atoms with Gasteiger partial charge in [0.1, 0.15) is 11.6 Å². The number of carbonyl (C=O) groups excluding carboxylic acids is 2. The smallest absolute Gasteiger partial charge is 0.254 e. The van der Waals surface area contributed by atoms with Gasteiger partial charge in [-0.15, -0.1) is 0 Å². The number of aryl methyl sites for hydroxylation is 1. The van der Waals surface area contributed by atoms with Gasteiger partial charge in [0.05, 0.1) is 0 Å². The van der Waals surface area contributed by atoms with Crippen molar-refractivity contribution in [1.29, 1.82) is 0 Å². The van der Waals surface area contributed by atoms with E-state index in [1.807, 2.05) is 0 Å². The number of aromatic hydroxyl groups is 1. The molecule has 1 N–H and O–H groups in total. The molecule has 148 valence electrons. The second-order valence-corrected chi connectivity index (χ2v) is 6.78. The molecule has 28 heavy (non-hydrogen) atoms. The van der Waals surface area contributed by atoms with Crippen LogP contribution in [0.25, 0.3) is 0 Å². The molecule has 0 unspecified atom stereocenters. The summed E-state index contributed by atoms with van der Waals surface area (Å²) < 4.78 is 14.8. The van der Waals surface area contributed by atoms with E-state index < -0.39 is 5.82 Å². The van der Waals surface area contributed by atoms with E-state index in [0.29, 0.717) is 37.4 Å². The molecule has 3 rings (SSSR count). The van der Waals surface area contributed by atoms with Crippen LogP contribution >= 0.6 is 0 Å². The summed E-state index contributed by atoms with van der Waals surface area (Å²) in [5.74, 6) is -0.904. The van der Waals surface area contributed by atoms with E-state index in [4.69, 9.17) is 0 Å². The first kappa shape index (κ1) is 19.6. The molecule has 0 atom stereocenters. The van der Waals surface area contributed by atoms with Gasteiger partial charge in [0.25, 0.3) is 11.5 Å². The predicted molar refractivity (Wildman–Crippen MR) is 101 cm³/mol. The minimum absolute atomic E-state index is 0.0934. The third-order valence-electron chi connectivity index (χ3n) is 4.86. The highest BCUT2D eigenvalue weighted by Gasteiger charge is 2.25. The van der Waals surface area contributed by atoms with Crippen molar-refractivity contribution in [3.63, 3.8) is 0 Å². The Bertz CT molecular complexity index is 949. The number of benzene rings is 1. The molecule has 1 aromatic heterocycles. The summed E-state index contributed by atoms with van der Waals surface area (Å²) in [5.41, 5.74) is 0.529. The monoisotopic (exact) mass is 387 g/mol. The Hall–Kier alpha value is -3.16. The molecule has 0 bridgehead atoms. The van der Waals surface area contributed by atoms with Crippen LogP contribution in [-0.4, -0.2) is 57.5 Å². The molecule has 1 aliphatic heterocycles. The zero-order valence-electron chi connectivity index (χ0n) is 15.6. The number of pyridine rings is 1. The molecule has 2 aromatic rings. The van der Waals surface area contributed by atoms with Gasteiger partial charge in [0, 0.05) is 56.5 Å². The molecule has 0 saturated carbocycles. The molecule has 7 nitrogen and oxygen atoms in total. The third kappa shape index (κ3) is 4.39. The van der Waals surface area contributed by atoms with Gasteiger partial charge < -0.3 is 19.5 Å². The van der Waals surface area contributed by atoms with Crippen LogP contribution in [0.3, 0.4) is 0 Å². The molecule has 2 amide bonds. The number of hydrogen-bond donors (Lipinski definition) is 1. The van der Waals surface area contributed by atoms with E-state index in [2.05, 4.69) is 0 Å². The van der Waals surface area contributed by atoms with Crippen molar-refractivity contribution in [1.82, 2.24) is 14.4 Å². The van der Waals surface area contributed by atoms with Gasteiger partial charge >= 0.3 is 0 Å². The lowest BCUT2D eigenvalue weighted by Crippen LogP contribution is -2.50. The topological polar surface area (TPSA) is 82.8 Å². The van der Waals surface area contributed by atoms with Crippen LogP contribution < -0.4 is 5.56 Å². The standard InChI is InChI=1S/C20H22FN3O4/c1-14-11-17(25)13-19(27)24(14)6-5-18(26)22-7-9-23(10-8-22)20(28)15-3-2-4-16(21)12-15/h2-4,11-13,25H,5-10H2,1H3. The summed E-state index contributed by atoms with van der Waals surface area (Å²) in [4.78, 5) is 40.1. The Morgan fingerprint density at radius 3 is 2.39 bits per heavy atom. The number of amides is 2. The maximum absolute atomic E-state index is 13.3. The maximum atomic E-state index is 13.3. The van der Waals surface area contributed by atoms with Crippen LogP contribution in [0.15, 0.2) is 41.2 Å². The van der Waals surface area contributed by atoms with Crippen molar-refractivity contribution < 1.29 is 19.1 Å². The van der Waals surface area contributed by atoms with Crippen molar-refractivity contribution in [2.75, 3.05) is 26.2 Å². The highest BCUT2D eigenvalue weighted by molar-refractivity contribution is 5.94. The number of aromatic nitrogens is 1. The van der Waals surface area contributed by atoms with Crippen molar-refractivity contribution in [3.8, 4) is 5.75 Å². The fraction of sp³-hybridized carbons (Fsp3) is 0.350. The Morgan fingerprint density at radius 2 is 1.75 bits per heavy atom.